The van der Waals surface area contributed by atoms with Gasteiger partial charge in [0.25, 0.3) is 0 Å². The van der Waals surface area contributed by atoms with Crippen LogP contribution in [0.3, 0.4) is 0 Å². The molecule has 1 aromatic rings. The summed E-state index contributed by atoms with van der Waals surface area (Å²) in [4.78, 5) is 22.0. The number of carboxylic acid groups (broad SMARTS) is 1. The fraction of sp³-hybridized carbons (Fsp3) is 0.636. The van der Waals surface area contributed by atoms with E-state index < -0.39 is 5.97 Å². The minimum Gasteiger partial charge on any atom is -0.476 e. The largest absolute Gasteiger partial charge is 0.476 e. The van der Waals surface area contributed by atoms with E-state index in [1.807, 2.05) is 0 Å². The van der Waals surface area contributed by atoms with Crippen LogP contribution < -0.4 is 10.6 Å². The number of urea groups is 1. The molecule has 2 amide bonds. The first-order chi connectivity index (χ1) is 9.06. The van der Waals surface area contributed by atoms with E-state index in [1.165, 1.54) is 17.3 Å². The van der Waals surface area contributed by atoms with E-state index in [9.17, 15) is 9.59 Å². The third kappa shape index (κ3) is 3.94. The molecule has 8 heteroatoms. The summed E-state index contributed by atoms with van der Waals surface area (Å²) in [5.41, 5.74) is -0.104. The summed E-state index contributed by atoms with van der Waals surface area (Å²) in [5, 5.41) is 21.3. The van der Waals surface area contributed by atoms with Crippen LogP contribution in [-0.4, -0.2) is 45.2 Å². The molecule has 0 bridgehead atoms. The molecule has 2 atom stereocenters. The van der Waals surface area contributed by atoms with Gasteiger partial charge in [-0.25, -0.2) is 14.3 Å². The molecule has 1 saturated carbocycles. The molecule has 19 heavy (non-hydrogen) atoms. The lowest BCUT2D eigenvalue weighted by Gasteiger charge is -2.06. The van der Waals surface area contributed by atoms with E-state index >= 15 is 0 Å². The van der Waals surface area contributed by atoms with Gasteiger partial charge in [-0.3, -0.25) is 0 Å². The van der Waals surface area contributed by atoms with Gasteiger partial charge >= 0.3 is 12.0 Å². The van der Waals surface area contributed by atoms with Crippen molar-refractivity contribution in [2.75, 3.05) is 13.1 Å². The molecule has 0 radical (unpaired) electrons. The van der Waals surface area contributed by atoms with Gasteiger partial charge in [0, 0.05) is 13.1 Å². The van der Waals surface area contributed by atoms with E-state index in [1.54, 1.807) is 0 Å². The van der Waals surface area contributed by atoms with Crippen molar-refractivity contribution in [1.82, 2.24) is 25.6 Å². The van der Waals surface area contributed by atoms with E-state index in [4.69, 9.17) is 5.11 Å². The number of carbonyl (C=O) groups is 2. The van der Waals surface area contributed by atoms with E-state index in [2.05, 4.69) is 27.9 Å². The second kappa shape index (κ2) is 5.68. The molecule has 2 rings (SSSR count). The van der Waals surface area contributed by atoms with Crippen molar-refractivity contribution >= 4 is 12.0 Å². The Balaban J connectivity index is 1.62. The lowest BCUT2D eigenvalue weighted by molar-refractivity contribution is 0.0690. The Hall–Kier alpha value is -2.12. The molecular formula is C11H17N5O3. The monoisotopic (exact) mass is 267 g/mol. The predicted octanol–water partition coefficient (Wildman–Crippen LogP) is -0.0685. The number of aromatic carboxylic acids is 1. The molecule has 1 fully saturated rings. The Morgan fingerprint density at radius 3 is 2.84 bits per heavy atom. The normalized spacial score (nSPS) is 20.9. The van der Waals surface area contributed by atoms with Crippen LogP contribution in [0.25, 0.3) is 0 Å². The van der Waals surface area contributed by atoms with Crippen LogP contribution in [0.4, 0.5) is 4.79 Å². The summed E-state index contributed by atoms with van der Waals surface area (Å²) in [6.07, 6.45) is 2.50. The van der Waals surface area contributed by atoms with Crippen molar-refractivity contribution in [3.8, 4) is 0 Å². The number of amides is 2. The predicted molar refractivity (Wildman–Crippen MR) is 65.7 cm³/mol. The van der Waals surface area contributed by atoms with Crippen molar-refractivity contribution in [2.45, 2.75) is 19.9 Å². The Labute approximate surface area is 110 Å². The van der Waals surface area contributed by atoms with Crippen LogP contribution in [0.2, 0.25) is 0 Å². The highest BCUT2D eigenvalue weighted by Gasteiger charge is 2.32. The number of carbonyl (C=O) groups excluding carboxylic acids is 1. The molecule has 0 saturated heterocycles. The van der Waals surface area contributed by atoms with Gasteiger partial charge in [0.2, 0.25) is 0 Å². The van der Waals surface area contributed by atoms with Crippen molar-refractivity contribution in [3.05, 3.63) is 11.9 Å². The fourth-order valence-corrected chi connectivity index (χ4v) is 1.76. The minimum atomic E-state index is -1.12. The number of nitrogens with zero attached hydrogens (tertiary/aromatic N) is 3. The SMILES string of the molecule is CC1CC1CNC(=O)NCCn1cc(C(=O)O)nn1. The lowest BCUT2D eigenvalue weighted by Crippen LogP contribution is -2.38. The first-order valence-corrected chi connectivity index (χ1v) is 6.21. The molecule has 1 heterocycles. The van der Waals surface area contributed by atoms with Gasteiger partial charge in [-0.2, -0.15) is 0 Å². The van der Waals surface area contributed by atoms with E-state index in [-0.39, 0.29) is 11.7 Å². The number of hydrogen-bond acceptors (Lipinski definition) is 4. The van der Waals surface area contributed by atoms with Gasteiger partial charge in [-0.1, -0.05) is 12.1 Å². The summed E-state index contributed by atoms with van der Waals surface area (Å²) in [6, 6.07) is -0.210. The summed E-state index contributed by atoms with van der Waals surface area (Å²) in [6.45, 7) is 3.62. The Morgan fingerprint density at radius 2 is 2.26 bits per heavy atom. The fourth-order valence-electron chi connectivity index (χ4n) is 1.76. The molecule has 0 aliphatic heterocycles. The van der Waals surface area contributed by atoms with Gasteiger partial charge in [0.1, 0.15) is 0 Å². The maximum Gasteiger partial charge on any atom is 0.358 e. The van der Waals surface area contributed by atoms with E-state index in [0.717, 1.165) is 0 Å². The number of aromatic nitrogens is 3. The smallest absolute Gasteiger partial charge is 0.358 e. The standard InChI is InChI=1S/C11H17N5O3/c1-7-4-8(7)5-13-11(19)12-2-3-16-6-9(10(17)18)14-15-16/h6-8H,2-5H2,1H3,(H,17,18)(H2,12,13,19). The average Bonchev–Trinajstić information content (AvgIpc) is 2.88. The summed E-state index contributed by atoms with van der Waals surface area (Å²) >= 11 is 0. The Morgan fingerprint density at radius 1 is 1.53 bits per heavy atom. The summed E-state index contributed by atoms with van der Waals surface area (Å²) < 4.78 is 1.38. The zero-order valence-electron chi connectivity index (χ0n) is 10.7. The molecular weight excluding hydrogens is 250 g/mol. The van der Waals surface area contributed by atoms with Gasteiger partial charge in [-0.15, -0.1) is 5.10 Å². The van der Waals surface area contributed by atoms with E-state index in [0.29, 0.717) is 31.5 Å². The average molecular weight is 267 g/mol. The quantitative estimate of drug-likeness (QED) is 0.668. The van der Waals surface area contributed by atoms with Crippen molar-refractivity contribution in [1.29, 1.82) is 0 Å². The van der Waals surface area contributed by atoms with Gasteiger partial charge < -0.3 is 15.7 Å². The molecule has 1 aromatic heterocycles. The maximum atomic E-state index is 11.4. The van der Waals surface area contributed by atoms with Crippen LogP contribution >= 0.6 is 0 Å². The zero-order chi connectivity index (χ0) is 13.8. The number of hydrogen-bond donors (Lipinski definition) is 3. The molecule has 3 N–H and O–H groups in total. The molecule has 104 valence electrons. The summed E-state index contributed by atoms with van der Waals surface area (Å²) in [7, 11) is 0. The molecule has 1 aliphatic rings. The maximum absolute atomic E-state index is 11.4. The summed E-state index contributed by atoms with van der Waals surface area (Å²) in [5.74, 6) is 0.208. The zero-order valence-corrected chi connectivity index (χ0v) is 10.7. The van der Waals surface area contributed by atoms with Crippen LogP contribution in [0.15, 0.2) is 6.20 Å². The molecule has 2 unspecified atom stereocenters. The van der Waals surface area contributed by atoms with Crippen LogP contribution in [-0.2, 0) is 6.54 Å². The second-order valence-corrected chi connectivity index (χ2v) is 4.78. The molecule has 0 aromatic carbocycles. The molecule has 1 aliphatic carbocycles. The van der Waals surface area contributed by atoms with Crippen molar-refractivity contribution < 1.29 is 14.7 Å². The lowest BCUT2D eigenvalue weighted by atomic mass is 10.3. The molecule has 8 nitrogen and oxygen atoms in total. The Kier molecular flexibility index (Phi) is 3.98. The second-order valence-electron chi connectivity index (χ2n) is 4.78. The first-order valence-electron chi connectivity index (χ1n) is 6.21. The van der Waals surface area contributed by atoms with Crippen LogP contribution in [0.5, 0.6) is 0 Å². The van der Waals surface area contributed by atoms with Crippen molar-refractivity contribution in [3.63, 3.8) is 0 Å². The number of carboxylic acids is 1. The topological polar surface area (TPSA) is 109 Å². The number of nitrogens with one attached hydrogen (secondary N) is 2. The third-order valence-electron chi connectivity index (χ3n) is 3.19. The van der Waals surface area contributed by atoms with Gasteiger partial charge in [0.05, 0.1) is 12.7 Å². The minimum absolute atomic E-state index is 0.104. The van der Waals surface area contributed by atoms with Crippen LogP contribution in [0, 0.1) is 11.8 Å². The van der Waals surface area contributed by atoms with Crippen LogP contribution in [0.1, 0.15) is 23.8 Å². The van der Waals surface area contributed by atoms with Gasteiger partial charge in [0.15, 0.2) is 5.69 Å². The van der Waals surface area contributed by atoms with Gasteiger partial charge in [-0.05, 0) is 18.3 Å². The first kappa shape index (κ1) is 13.3. The third-order valence-corrected chi connectivity index (χ3v) is 3.19. The van der Waals surface area contributed by atoms with Crippen molar-refractivity contribution in [2.24, 2.45) is 11.8 Å². The highest BCUT2D eigenvalue weighted by molar-refractivity contribution is 5.84. The molecule has 0 spiro atoms. The Bertz CT molecular complexity index is 473. The highest BCUT2D eigenvalue weighted by Crippen LogP contribution is 2.36. The highest BCUT2D eigenvalue weighted by atomic mass is 16.4. The number of rotatable bonds is 6.